The number of carbonyl (C=O) groups excluding carboxylic acids is 2. The Labute approximate surface area is 162 Å². The highest BCUT2D eigenvalue weighted by Gasteiger charge is 2.35. The summed E-state index contributed by atoms with van der Waals surface area (Å²) < 4.78 is 40.0. The second kappa shape index (κ2) is 8.48. The molecule has 0 radical (unpaired) electrons. The van der Waals surface area contributed by atoms with E-state index in [1.54, 1.807) is 4.90 Å². The molecule has 2 aliphatic heterocycles. The molecule has 1 aromatic carbocycles. The van der Waals surface area contributed by atoms with Gasteiger partial charge in [-0.3, -0.25) is 9.59 Å². The number of amides is 2. The van der Waals surface area contributed by atoms with Gasteiger partial charge < -0.3 is 15.5 Å². The molecule has 2 saturated heterocycles. The van der Waals surface area contributed by atoms with Crippen LogP contribution in [-0.4, -0.2) is 42.4 Å². The average molecular weight is 406 g/mol. The predicted octanol–water partition coefficient (Wildman–Crippen LogP) is 3.21. The predicted molar refractivity (Wildman–Crippen MR) is 98.0 cm³/mol. The minimum Gasteiger partial charge on any atom is -0.334 e. The molecular formula is C18H23ClF3N3O2. The fourth-order valence-corrected chi connectivity index (χ4v) is 3.65. The van der Waals surface area contributed by atoms with Crippen LogP contribution >= 0.6 is 12.4 Å². The van der Waals surface area contributed by atoms with E-state index in [4.69, 9.17) is 5.73 Å². The molecule has 0 aromatic heterocycles. The maximum absolute atomic E-state index is 13.3. The fraction of sp³-hybridized carbons (Fsp3) is 0.556. The van der Waals surface area contributed by atoms with Gasteiger partial charge in [0.05, 0.1) is 5.56 Å². The molecule has 0 bridgehead atoms. The van der Waals surface area contributed by atoms with Crippen molar-refractivity contribution in [3.63, 3.8) is 0 Å². The summed E-state index contributed by atoms with van der Waals surface area (Å²) in [6.07, 6.45) is -1.19. The van der Waals surface area contributed by atoms with Crippen molar-refractivity contribution in [1.82, 2.24) is 4.90 Å². The van der Waals surface area contributed by atoms with Crippen molar-refractivity contribution in [1.29, 1.82) is 0 Å². The number of hydrogen-bond acceptors (Lipinski definition) is 3. The van der Waals surface area contributed by atoms with Gasteiger partial charge in [0.15, 0.2) is 0 Å². The van der Waals surface area contributed by atoms with Crippen molar-refractivity contribution in [2.24, 2.45) is 5.73 Å². The zero-order valence-electron chi connectivity index (χ0n) is 14.8. The second-order valence-electron chi connectivity index (χ2n) is 6.80. The summed E-state index contributed by atoms with van der Waals surface area (Å²) in [5.74, 6) is -0.681. The van der Waals surface area contributed by atoms with Crippen molar-refractivity contribution in [3.8, 4) is 0 Å². The lowest BCUT2D eigenvalue weighted by Crippen LogP contribution is -2.47. The number of halogens is 4. The Morgan fingerprint density at radius 3 is 2.48 bits per heavy atom. The van der Waals surface area contributed by atoms with Gasteiger partial charge in [-0.1, -0.05) is 0 Å². The van der Waals surface area contributed by atoms with Crippen molar-refractivity contribution < 1.29 is 22.8 Å². The Morgan fingerprint density at radius 1 is 1.15 bits per heavy atom. The maximum Gasteiger partial charge on any atom is 0.416 e. The van der Waals surface area contributed by atoms with Crippen molar-refractivity contribution in [2.75, 3.05) is 24.5 Å². The van der Waals surface area contributed by atoms with Crippen LogP contribution in [0.15, 0.2) is 18.2 Å². The summed E-state index contributed by atoms with van der Waals surface area (Å²) in [5.41, 5.74) is 4.90. The first-order valence-electron chi connectivity index (χ1n) is 8.85. The van der Waals surface area contributed by atoms with Gasteiger partial charge in [0.2, 0.25) is 5.91 Å². The lowest BCUT2D eigenvalue weighted by Gasteiger charge is -2.35. The molecule has 9 heteroatoms. The Hall–Kier alpha value is -1.80. The van der Waals surface area contributed by atoms with Gasteiger partial charge in [0.1, 0.15) is 0 Å². The Morgan fingerprint density at radius 2 is 1.89 bits per heavy atom. The zero-order chi connectivity index (χ0) is 18.9. The molecule has 150 valence electrons. The Bertz CT molecular complexity index is 712. The summed E-state index contributed by atoms with van der Waals surface area (Å²) in [4.78, 5) is 27.7. The molecule has 2 amide bonds. The van der Waals surface area contributed by atoms with Crippen LogP contribution in [0.25, 0.3) is 0 Å². The van der Waals surface area contributed by atoms with Gasteiger partial charge in [-0.15, -0.1) is 12.4 Å². The zero-order valence-corrected chi connectivity index (χ0v) is 15.6. The highest BCUT2D eigenvalue weighted by Crippen LogP contribution is 2.35. The first kappa shape index (κ1) is 21.5. The largest absolute Gasteiger partial charge is 0.416 e. The number of anilines is 1. The number of nitrogens with zero attached hydrogens (tertiary/aromatic N) is 2. The first-order chi connectivity index (χ1) is 12.3. The lowest BCUT2D eigenvalue weighted by atomic mass is 10.00. The van der Waals surface area contributed by atoms with Crippen LogP contribution in [-0.2, 0) is 11.0 Å². The van der Waals surface area contributed by atoms with E-state index in [0.717, 1.165) is 31.4 Å². The van der Waals surface area contributed by atoms with Gasteiger partial charge in [-0.25, -0.2) is 0 Å². The molecule has 0 aliphatic carbocycles. The van der Waals surface area contributed by atoms with Gasteiger partial charge >= 0.3 is 6.18 Å². The lowest BCUT2D eigenvalue weighted by molar-refractivity contribution is -0.137. The highest BCUT2D eigenvalue weighted by atomic mass is 35.5. The van der Waals surface area contributed by atoms with Crippen LogP contribution in [0.5, 0.6) is 0 Å². The smallest absolute Gasteiger partial charge is 0.334 e. The Kier molecular flexibility index (Phi) is 6.75. The molecule has 2 heterocycles. The molecule has 2 fully saturated rings. The first-order valence-corrected chi connectivity index (χ1v) is 8.85. The van der Waals surface area contributed by atoms with Crippen molar-refractivity contribution >= 4 is 29.9 Å². The SMILES string of the molecule is Cl.NCC1CCCCN1C(=O)c1cc(N2CCCC2=O)cc(C(F)(F)F)c1. The summed E-state index contributed by atoms with van der Waals surface area (Å²) in [7, 11) is 0. The third-order valence-electron chi connectivity index (χ3n) is 5.04. The highest BCUT2D eigenvalue weighted by molar-refractivity contribution is 5.99. The van der Waals surface area contributed by atoms with E-state index >= 15 is 0 Å². The summed E-state index contributed by atoms with van der Waals surface area (Å²) in [5, 5.41) is 0. The van der Waals surface area contributed by atoms with Crippen LogP contribution < -0.4 is 10.6 Å². The van der Waals surface area contributed by atoms with Crippen LogP contribution in [0.3, 0.4) is 0 Å². The van der Waals surface area contributed by atoms with Gasteiger partial charge in [0, 0.05) is 43.3 Å². The van der Waals surface area contributed by atoms with E-state index in [1.807, 2.05) is 0 Å². The van der Waals surface area contributed by atoms with Crippen molar-refractivity contribution in [2.45, 2.75) is 44.3 Å². The fourth-order valence-electron chi connectivity index (χ4n) is 3.65. The van der Waals surface area contributed by atoms with Gasteiger partial charge in [-0.05, 0) is 43.9 Å². The molecule has 5 nitrogen and oxygen atoms in total. The molecule has 1 unspecified atom stereocenters. The van der Waals surface area contributed by atoms with E-state index in [2.05, 4.69) is 0 Å². The van der Waals surface area contributed by atoms with Crippen LogP contribution in [0, 0.1) is 0 Å². The second-order valence-corrected chi connectivity index (χ2v) is 6.80. The molecule has 0 spiro atoms. The molecular weight excluding hydrogens is 383 g/mol. The van der Waals surface area contributed by atoms with E-state index in [1.165, 1.54) is 11.0 Å². The summed E-state index contributed by atoms with van der Waals surface area (Å²) in [6, 6.07) is 3.04. The number of rotatable bonds is 3. The molecule has 27 heavy (non-hydrogen) atoms. The number of alkyl halides is 3. The molecule has 2 aliphatic rings. The number of nitrogens with two attached hydrogens (primary N) is 1. The van der Waals surface area contributed by atoms with Gasteiger partial charge in [-0.2, -0.15) is 13.2 Å². The van der Waals surface area contributed by atoms with E-state index < -0.39 is 17.6 Å². The number of benzene rings is 1. The standard InChI is InChI=1S/C18H22F3N3O2.ClH/c19-18(20,21)13-8-12(9-15(10-13)23-7-3-5-16(23)25)17(26)24-6-2-1-4-14(24)11-22;/h8-10,14H,1-7,11,22H2;1H. The molecule has 1 aromatic rings. The maximum atomic E-state index is 13.3. The topological polar surface area (TPSA) is 66.6 Å². The summed E-state index contributed by atoms with van der Waals surface area (Å²) in [6.45, 7) is 1.13. The van der Waals surface area contributed by atoms with E-state index in [-0.39, 0.29) is 42.2 Å². The number of carbonyl (C=O) groups is 2. The van der Waals surface area contributed by atoms with Crippen LogP contribution in [0.4, 0.5) is 18.9 Å². The number of likely N-dealkylation sites (tertiary alicyclic amines) is 1. The normalized spacial score (nSPS) is 20.6. The van der Waals surface area contributed by atoms with E-state index in [9.17, 15) is 22.8 Å². The quantitative estimate of drug-likeness (QED) is 0.839. The summed E-state index contributed by atoms with van der Waals surface area (Å²) >= 11 is 0. The molecule has 3 rings (SSSR count). The molecule has 1 atom stereocenters. The number of hydrogen-bond donors (Lipinski definition) is 1. The average Bonchev–Trinajstić information content (AvgIpc) is 3.06. The monoisotopic (exact) mass is 405 g/mol. The molecule has 0 saturated carbocycles. The van der Waals surface area contributed by atoms with Crippen LogP contribution in [0.1, 0.15) is 48.0 Å². The van der Waals surface area contributed by atoms with E-state index in [0.29, 0.717) is 25.9 Å². The van der Waals surface area contributed by atoms with Crippen molar-refractivity contribution in [3.05, 3.63) is 29.3 Å². The number of piperidine rings is 1. The van der Waals surface area contributed by atoms with Gasteiger partial charge in [0.25, 0.3) is 5.91 Å². The molecule has 2 N–H and O–H groups in total. The third-order valence-corrected chi connectivity index (χ3v) is 5.04. The minimum absolute atomic E-state index is 0. The van der Waals surface area contributed by atoms with Crippen LogP contribution in [0.2, 0.25) is 0 Å². The minimum atomic E-state index is -4.59. The Balaban J connectivity index is 0.00000261. The third kappa shape index (κ3) is 4.55.